The molecule has 1 aliphatic rings. The molecule has 15 heavy (non-hydrogen) atoms. The highest BCUT2D eigenvalue weighted by Gasteiger charge is 2.22. The van der Waals surface area contributed by atoms with Crippen LogP contribution < -0.4 is 5.32 Å². The van der Waals surface area contributed by atoms with Crippen molar-refractivity contribution in [3.63, 3.8) is 0 Å². The summed E-state index contributed by atoms with van der Waals surface area (Å²) in [6.45, 7) is 13.2. The van der Waals surface area contributed by atoms with Crippen molar-refractivity contribution in [2.24, 2.45) is 5.41 Å². The smallest absolute Gasteiger partial charge is 0.0108 e. The molecule has 0 saturated carbocycles. The van der Waals surface area contributed by atoms with E-state index in [1.165, 1.54) is 58.4 Å². The molecule has 1 fully saturated rings. The highest BCUT2D eigenvalue weighted by Crippen LogP contribution is 2.25. The van der Waals surface area contributed by atoms with E-state index in [1.54, 1.807) is 0 Å². The van der Waals surface area contributed by atoms with Gasteiger partial charge in [-0.05, 0) is 11.8 Å². The summed E-state index contributed by atoms with van der Waals surface area (Å²) in [5, 5.41) is 3.41. The fraction of sp³-hybridized carbons (Fsp3) is 1.00. The molecule has 1 N–H and O–H groups in total. The molecule has 0 bridgehead atoms. The molecule has 1 rings (SSSR count). The SMILES string of the molecule is CCCCCC(C)(C)CN1CCNCC1. The molecule has 1 aliphatic heterocycles. The third-order valence-corrected chi connectivity index (χ3v) is 3.32. The Morgan fingerprint density at radius 2 is 1.80 bits per heavy atom. The predicted molar refractivity (Wildman–Crippen MR) is 67.2 cm³/mol. The normalized spacial score (nSPS) is 19.4. The van der Waals surface area contributed by atoms with Crippen LogP contribution in [-0.2, 0) is 0 Å². The van der Waals surface area contributed by atoms with E-state index in [9.17, 15) is 0 Å². The summed E-state index contributed by atoms with van der Waals surface area (Å²) in [5.74, 6) is 0. The number of nitrogens with zero attached hydrogens (tertiary/aromatic N) is 1. The molecule has 0 aromatic heterocycles. The Hall–Kier alpha value is -0.0800. The van der Waals surface area contributed by atoms with E-state index in [0.717, 1.165) is 0 Å². The lowest BCUT2D eigenvalue weighted by Crippen LogP contribution is -2.46. The molecule has 0 spiro atoms. The van der Waals surface area contributed by atoms with Gasteiger partial charge in [-0.1, -0.05) is 40.0 Å². The third-order valence-electron chi connectivity index (χ3n) is 3.32. The van der Waals surface area contributed by atoms with Crippen LogP contribution in [0.1, 0.15) is 46.5 Å². The fourth-order valence-electron chi connectivity index (χ4n) is 2.41. The van der Waals surface area contributed by atoms with Crippen LogP contribution in [0.3, 0.4) is 0 Å². The molecule has 0 atom stereocenters. The van der Waals surface area contributed by atoms with Crippen molar-refractivity contribution in [1.29, 1.82) is 0 Å². The molecular weight excluding hydrogens is 184 g/mol. The Kier molecular flexibility index (Phi) is 5.62. The van der Waals surface area contributed by atoms with Gasteiger partial charge in [-0.3, -0.25) is 0 Å². The van der Waals surface area contributed by atoms with E-state index >= 15 is 0 Å². The van der Waals surface area contributed by atoms with Crippen LogP contribution in [-0.4, -0.2) is 37.6 Å². The van der Waals surface area contributed by atoms with E-state index < -0.39 is 0 Å². The van der Waals surface area contributed by atoms with Crippen LogP contribution in [0.5, 0.6) is 0 Å². The number of unbranched alkanes of at least 4 members (excludes halogenated alkanes) is 2. The molecule has 0 amide bonds. The van der Waals surface area contributed by atoms with Crippen molar-refractivity contribution in [2.75, 3.05) is 32.7 Å². The van der Waals surface area contributed by atoms with Gasteiger partial charge in [0.2, 0.25) is 0 Å². The average Bonchev–Trinajstić information content (AvgIpc) is 2.18. The second-order valence-electron chi connectivity index (χ2n) is 5.65. The van der Waals surface area contributed by atoms with Crippen molar-refractivity contribution < 1.29 is 0 Å². The number of hydrogen-bond acceptors (Lipinski definition) is 2. The van der Waals surface area contributed by atoms with E-state index in [-0.39, 0.29) is 0 Å². The molecule has 2 heteroatoms. The first kappa shape index (κ1) is 13.0. The molecule has 0 aliphatic carbocycles. The number of hydrogen-bond donors (Lipinski definition) is 1. The van der Waals surface area contributed by atoms with E-state index in [0.29, 0.717) is 5.41 Å². The van der Waals surface area contributed by atoms with Gasteiger partial charge in [-0.25, -0.2) is 0 Å². The van der Waals surface area contributed by atoms with E-state index in [4.69, 9.17) is 0 Å². The van der Waals surface area contributed by atoms with Crippen molar-refractivity contribution in [1.82, 2.24) is 10.2 Å². The molecule has 1 saturated heterocycles. The molecule has 2 nitrogen and oxygen atoms in total. The maximum atomic E-state index is 3.41. The first-order chi connectivity index (χ1) is 7.14. The van der Waals surface area contributed by atoms with Gasteiger partial charge < -0.3 is 10.2 Å². The van der Waals surface area contributed by atoms with Gasteiger partial charge in [-0.15, -0.1) is 0 Å². The Balaban J connectivity index is 2.20. The van der Waals surface area contributed by atoms with Gasteiger partial charge >= 0.3 is 0 Å². The van der Waals surface area contributed by atoms with Gasteiger partial charge in [0, 0.05) is 32.7 Å². The van der Waals surface area contributed by atoms with E-state index in [1.807, 2.05) is 0 Å². The lowest BCUT2D eigenvalue weighted by molar-refractivity contribution is 0.151. The highest BCUT2D eigenvalue weighted by molar-refractivity contribution is 4.77. The van der Waals surface area contributed by atoms with Crippen molar-refractivity contribution in [3.8, 4) is 0 Å². The maximum Gasteiger partial charge on any atom is 0.0108 e. The molecule has 1 heterocycles. The van der Waals surface area contributed by atoms with Crippen LogP contribution in [0.15, 0.2) is 0 Å². The quantitative estimate of drug-likeness (QED) is 0.681. The molecule has 0 aromatic carbocycles. The summed E-state index contributed by atoms with van der Waals surface area (Å²) in [6, 6.07) is 0. The van der Waals surface area contributed by atoms with Crippen LogP contribution in [0.4, 0.5) is 0 Å². The molecule has 0 unspecified atom stereocenters. The number of piperazine rings is 1. The zero-order chi connectivity index (χ0) is 11.1. The van der Waals surface area contributed by atoms with Crippen LogP contribution in [0, 0.1) is 5.41 Å². The van der Waals surface area contributed by atoms with Crippen LogP contribution >= 0.6 is 0 Å². The Bertz CT molecular complexity index is 160. The van der Waals surface area contributed by atoms with Crippen molar-refractivity contribution >= 4 is 0 Å². The zero-order valence-electron chi connectivity index (χ0n) is 10.8. The second kappa shape index (κ2) is 6.49. The first-order valence-electron chi connectivity index (χ1n) is 6.57. The zero-order valence-corrected chi connectivity index (χ0v) is 10.8. The third kappa shape index (κ3) is 5.53. The van der Waals surface area contributed by atoms with Crippen molar-refractivity contribution in [3.05, 3.63) is 0 Å². The van der Waals surface area contributed by atoms with E-state index in [2.05, 4.69) is 31.0 Å². The van der Waals surface area contributed by atoms with Crippen LogP contribution in [0.25, 0.3) is 0 Å². The number of nitrogens with one attached hydrogen (secondary N) is 1. The lowest BCUT2D eigenvalue weighted by atomic mass is 9.86. The summed E-state index contributed by atoms with van der Waals surface area (Å²) >= 11 is 0. The Labute approximate surface area is 95.4 Å². The minimum absolute atomic E-state index is 0.506. The fourth-order valence-corrected chi connectivity index (χ4v) is 2.41. The molecule has 0 aromatic rings. The molecular formula is C13H28N2. The van der Waals surface area contributed by atoms with Gasteiger partial charge in [0.05, 0.1) is 0 Å². The maximum absolute atomic E-state index is 3.41. The summed E-state index contributed by atoms with van der Waals surface area (Å²) in [7, 11) is 0. The second-order valence-corrected chi connectivity index (χ2v) is 5.65. The predicted octanol–water partition coefficient (Wildman–Crippen LogP) is 2.50. The molecule has 90 valence electrons. The number of rotatable bonds is 6. The minimum atomic E-state index is 0.506. The van der Waals surface area contributed by atoms with Crippen molar-refractivity contribution in [2.45, 2.75) is 46.5 Å². The molecule has 0 radical (unpaired) electrons. The Morgan fingerprint density at radius 1 is 1.13 bits per heavy atom. The summed E-state index contributed by atoms with van der Waals surface area (Å²) in [5.41, 5.74) is 0.506. The lowest BCUT2D eigenvalue weighted by Gasteiger charge is -2.35. The Morgan fingerprint density at radius 3 is 2.40 bits per heavy atom. The monoisotopic (exact) mass is 212 g/mol. The van der Waals surface area contributed by atoms with Gasteiger partial charge in [0.15, 0.2) is 0 Å². The standard InChI is InChI=1S/C13H28N2/c1-4-5-6-7-13(2,3)12-15-10-8-14-9-11-15/h14H,4-12H2,1-3H3. The summed E-state index contributed by atoms with van der Waals surface area (Å²) in [4.78, 5) is 2.61. The average molecular weight is 212 g/mol. The summed E-state index contributed by atoms with van der Waals surface area (Å²) in [6.07, 6.45) is 5.51. The van der Waals surface area contributed by atoms with Gasteiger partial charge in [-0.2, -0.15) is 0 Å². The van der Waals surface area contributed by atoms with Crippen LogP contribution in [0.2, 0.25) is 0 Å². The first-order valence-corrected chi connectivity index (χ1v) is 6.57. The minimum Gasteiger partial charge on any atom is -0.314 e. The summed E-state index contributed by atoms with van der Waals surface area (Å²) < 4.78 is 0. The largest absolute Gasteiger partial charge is 0.314 e. The topological polar surface area (TPSA) is 15.3 Å². The van der Waals surface area contributed by atoms with Gasteiger partial charge in [0.1, 0.15) is 0 Å². The highest BCUT2D eigenvalue weighted by atomic mass is 15.2. The van der Waals surface area contributed by atoms with Gasteiger partial charge in [0.25, 0.3) is 0 Å².